The van der Waals surface area contributed by atoms with Crippen molar-refractivity contribution in [3.05, 3.63) is 0 Å². The van der Waals surface area contributed by atoms with Gasteiger partial charge in [-0.25, -0.2) is 0 Å². The van der Waals surface area contributed by atoms with Gasteiger partial charge >= 0.3 is 0 Å². The zero-order valence-electron chi connectivity index (χ0n) is 13.9. The van der Waals surface area contributed by atoms with E-state index in [9.17, 15) is 0 Å². The number of rotatable bonds is 2. The van der Waals surface area contributed by atoms with Crippen LogP contribution in [-0.4, -0.2) is 48.0 Å². The van der Waals surface area contributed by atoms with Gasteiger partial charge in [0.1, 0.15) is 0 Å². The molecule has 0 unspecified atom stereocenters. The molecule has 18 heavy (non-hydrogen) atoms. The standard InChI is InChI=1S/C8H17NO.C6H15NO/c1-7(2)6-8(3,4)9(7)10-5;1-6(2,3)7(4)8-5/h6H2,1-5H3;1-5H3. The van der Waals surface area contributed by atoms with Crippen LogP contribution in [0.5, 0.6) is 0 Å². The van der Waals surface area contributed by atoms with Crippen LogP contribution in [-0.2, 0) is 9.68 Å². The van der Waals surface area contributed by atoms with Crippen LogP contribution in [0.1, 0.15) is 54.9 Å². The average Bonchev–Trinajstić information content (AvgIpc) is 2.13. The van der Waals surface area contributed by atoms with Crippen molar-refractivity contribution in [2.24, 2.45) is 0 Å². The van der Waals surface area contributed by atoms with Crippen LogP contribution in [0, 0.1) is 0 Å². The summed E-state index contributed by atoms with van der Waals surface area (Å²) in [7, 11) is 5.33. The molecule has 1 heterocycles. The minimum atomic E-state index is 0.120. The molecule has 1 rings (SSSR count). The van der Waals surface area contributed by atoms with Gasteiger partial charge in [-0.15, -0.1) is 0 Å². The molecular formula is C14H32N2O2. The summed E-state index contributed by atoms with van der Waals surface area (Å²) in [5, 5.41) is 3.87. The first kappa shape index (κ1) is 17.8. The molecule has 4 nitrogen and oxygen atoms in total. The van der Waals surface area contributed by atoms with Gasteiger partial charge in [-0.3, -0.25) is 0 Å². The van der Waals surface area contributed by atoms with Crippen molar-refractivity contribution in [3.63, 3.8) is 0 Å². The Labute approximate surface area is 113 Å². The van der Waals surface area contributed by atoms with Crippen molar-refractivity contribution in [3.8, 4) is 0 Å². The summed E-state index contributed by atoms with van der Waals surface area (Å²) in [6.07, 6.45) is 1.20. The zero-order valence-corrected chi connectivity index (χ0v) is 13.9. The number of hydrogen-bond acceptors (Lipinski definition) is 4. The second-order valence-electron chi connectivity index (χ2n) is 7.13. The molecule has 0 aliphatic carbocycles. The van der Waals surface area contributed by atoms with E-state index in [0.717, 1.165) is 0 Å². The lowest BCUT2D eigenvalue weighted by molar-refractivity contribution is -0.316. The second kappa shape index (κ2) is 5.87. The van der Waals surface area contributed by atoms with Crippen molar-refractivity contribution >= 4 is 0 Å². The summed E-state index contributed by atoms with van der Waals surface area (Å²) < 4.78 is 0. The maximum Gasteiger partial charge on any atom is 0.0575 e. The van der Waals surface area contributed by atoms with Crippen LogP contribution >= 0.6 is 0 Å². The molecule has 0 N–H and O–H groups in total. The molecule has 110 valence electrons. The van der Waals surface area contributed by atoms with Crippen LogP contribution in [0.15, 0.2) is 0 Å². The molecule has 0 spiro atoms. The number of hydrogen-bond donors (Lipinski definition) is 0. The maximum atomic E-state index is 5.25. The van der Waals surface area contributed by atoms with Gasteiger partial charge in [0, 0.05) is 23.7 Å². The highest BCUT2D eigenvalue weighted by Gasteiger charge is 2.51. The van der Waals surface area contributed by atoms with Crippen molar-refractivity contribution in [2.75, 3.05) is 21.3 Å². The van der Waals surface area contributed by atoms with E-state index >= 15 is 0 Å². The fourth-order valence-electron chi connectivity index (χ4n) is 2.70. The minimum absolute atomic E-state index is 0.120. The van der Waals surface area contributed by atoms with Crippen LogP contribution < -0.4 is 0 Å². The van der Waals surface area contributed by atoms with E-state index in [1.165, 1.54) is 6.42 Å². The van der Waals surface area contributed by atoms with E-state index in [1.807, 2.05) is 12.1 Å². The molecule has 4 heteroatoms. The van der Waals surface area contributed by atoms with Gasteiger partial charge in [0.2, 0.25) is 0 Å². The summed E-state index contributed by atoms with van der Waals surface area (Å²) in [6.45, 7) is 15.1. The molecule has 0 radical (unpaired) electrons. The van der Waals surface area contributed by atoms with Crippen molar-refractivity contribution in [2.45, 2.75) is 71.5 Å². The monoisotopic (exact) mass is 260 g/mol. The van der Waals surface area contributed by atoms with Gasteiger partial charge in [-0.1, -0.05) is 0 Å². The minimum Gasteiger partial charge on any atom is -0.302 e. The fourth-order valence-corrected chi connectivity index (χ4v) is 2.70. The van der Waals surface area contributed by atoms with Crippen LogP contribution in [0.2, 0.25) is 0 Å². The van der Waals surface area contributed by atoms with Gasteiger partial charge in [0.05, 0.1) is 14.2 Å². The Kier molecular flexibility index (Phi) is 5.81. The van der Waals surface area contributed by atoms with E-state index in [0.29, 0.717) is 0 Å². The summed E-state index contributed by atoms with van der Waals surface area (Å²) in [5.74, 6) is 0. The lowest BCUT2D eigenvalue weighted by Gasteiger charge is -2.58. The van der Waals surface area contributed by atoms with Crippen molar-refractivity contribution in [1.29, 1.82) is 0 Å². The molecule has 0 aromatic rings. The third kappa shape index (κ3) is 4.50. The highest BCUT2D eigenvalue weighted by Crippen LogP contribution is 2.43. The SMILES string of the molecule is CON(C)C(C)(C)C.CON1C(C)(C)CC1(C)C. The quantitative estimate of drug-likeness (QED) is 0.712. The Morgan fingerprint density at radius 3 is 1.44 bits per heavy atom. The number of hydroxylamine groups is 4. The molecular weight excluding hydrogens is 228 g/mol. The first-order valence-corrected chi connectivity index (χ1v) is 6.51. The molecule has 1 aliphatic rings. The molecule has 0 bridgehead atoms. The molecule has 1 aliphatic heterocycles. The predicted molar refractivity (Wildman–Crippen MR) is 76.1 cm³/mol. The van der Waals surface area contributed by atoms with Crippen molar-refractivity contribution < 1.29 is 9.68 Å². The average molecular weight is 260 g/mol. The van der Waals surface area contributed by atoms with Gasteiger partial charge in [0.15, 0.2) is 0 Å². The van der Waals surface area contributed by atoms with E-state index in [-0.39, 0.29) is 16.6 Å². The Balaban J connectivity index is 0.000000331. The highest BCUT2D eigenvalue weighted by atomic mass is 16.7. The topological polar surface area (TPSA) is 24.9 Å². The zero-order chi connectivity index (χ0) is 14.8. The first-order valence-electron chi connectivity index (χ1n) is 6.51. The summed E-state index contributed by atoms with van der Waals surface area (Å²) in [4.78, 5) is 10.2. The fraction of sp³-hybridized carbons (Fsp3) is 1.00. The van der Waals surface area contributed by atoms with E-state index in [4.69, 9.17) is 9.68 Å². The summed E-state index contributed by atoms with van der Waals surface area (Å²) in [6, 6.07) is 0. The molecule has 0 amide bonds. The van der Waals surface area contributed by atoms with Gasteiger partial charge in [0.25, 0.3) is 0 Å². The lowest BCUT2D eigenvalue weighted by Crippen LogP contribution is -2.67. The predicted octanol–water partition coefficient (Wildman–Crippen LogP) is 3.09. The highest BCUT2D eigenvalue weighted by molar-refractivity contribution is 5.02. The van der Waals surface area contributed by atoms with Crippen LogP contribution in [0.25, 0.3) is 0 Å². The normalized spacial score (nSPS) is 22.2. The van der Waals surface area contributed by atoms with Gasteiger partial charge < -0.3 is 9.68 Å². The third-order valence-corrected chi connectivity index (χ3v) is 3.37. The van der Waals surface area contributed by atoms with Gasteiger partial charge in [-0.2, -0.15) is 10.1 Å². The number of nitrogens with zero attached hydrogens (tertiary/aromatic N) is 2. The Hall–Kier alpha value is -0.160. The smallest absolute Gasteiger partial charge is 0.0575 e. The molecule has 0 aromatic carbocycles. The Morgan fingerprint density at radius 1 is 1.00 bits per heavy atom. The van der Waals surface area contributed by atoms with E-state index < -0.39 is 0 Å². The molecule has 1 saturated heterocycles. The maximum absolute atomic E-state index is 5.25. The molecule has 0 atom stereocenters. The summed E-state index contributed by atoms with van der Waals surface area (Å²) in [5.41, 5.74) is 0.589. The van der Waals surface area contributed by atoms with Gasteiger partial charge in [-0.05, 0) is 54.9 Å². The van der Waals surface area contributed by atoms with E-state index in [1.54, 1.807) is 14.2 Å². The van der Waals surface area contributed by atoms with E-state index in [2.05, 4.69) is 53.5 Å². The largest absolute Gasteiger partial charge is 0.302 e. The van der Waals surface area contributed by atoms with Crippen molar-refractivity contribution in [1.82, 2.24) is 10.1 Å². The van der Waals surface area contributed by atoms with Crippen LogP contribution in [0.3, 0.4) is 0 Å². The third-order valence-electron chi connectivity index (χ3n) is 3.37. The Morgan fingerprint density at radius 2 is 1.39 bits per heavy atom. The lowest BCUT2D eigenvalue weighted by atomic mass is 9.75. The first-order chi connectivity index (χ1) is 7.88. The van der Waals surface area contributed by atoms with Crippen LogP contribution in [0.4, 0.5) is 0 Å². The molecule has 1 fully saturated rings. The Bertz CT molecular complexity index is 243. The molecule has 0 saturated carbocycles. The summed E-state index contributed by atoms with van der Waals surface area (Å²) >= 11 is 0. The molecule has 0 aromatic heterocycles. The second-order valence-corrected chi connectivity index (χ2v) is 7.13.